The van der Waals surface area contributed by atoms with Crippen molar-refractivity contribution in [2.24, 2.45) is 0 Å². The molecule has 0 unspecified atom stereocenters. The van der Waals surface area contributed by atoms with Crippen LogP contribution in [0, 0.1) is 0 Å². The third-order valence-electron chi connectivity index (χ3n) is 2.58. The summed E-state index contributed by atoms with van der Waals surface area (Å²) >= 11 is 3.57. The first kappa shape index (κ1) is 12.4. The summed E-state index contributed by atoms with van der Waals surface area (Å²) in [6.45, 7) is 5.00. The maximum Gasteiger partial charge on any atom is 0.125 e. The average Bonchev–Trinajstić information content (AvgIpc) is 2.75. The summed E-state index contributed by atoms with van der Waals surface area (Å²) in [5.74, 6) is 0.977. The second-order valence-electron chi connectivity index (χ2n) is 4.27. The van der Waals surface area contributed by atoms with Gasteiger partial charge in [-0.05, 0) is 17.7 Å². The lowest BCUT2D eigenvalue weighted by atomic mass is 10.1. The Morgan fingerprint density at radius 1 is 1.18 bits per heavy atom. The molecule has 17 heavy (non-hydrogen) atoms. The van der Waals surface area contributed by atoms with Crippen molar-refractivity contribution in [1.29, 1.82) is 0 Å². The number of nitrogens with one attached hydrogen (secondary N) is 1. The molecule has 1 aromatic heterocycles. The maximum atomic E-state index is 5.54. The number of rotatable bonds is 4. The van der Waals surface area contributed by atoms with Crippen molar-refractivity contribution in [3.8, 4) is 11.1 Å². The normalized spacial score (nSPS) is 11.1. The van der Waals surface area contributed by atoms with Crippen molar-refractivity contribution >= 4 is 15.9 Å². The summed E-state index contributed by atoms with van der Waals surface area (Å²) in [6, 6.07) is 10.6. The molecule has 1 aromatic carbocycles. The molecule has 0 saturated heterocycles. The van der Waals surface area contributed by atoms with Gasteiger partial charge in [-0.2, -0.15) is 0 Å². The lowest BCUT2D eigenvalue weighted by Crippen LogP contribution is -2.21. The summed E-state index contributed by atoms with van der Waals surface area (Å²) in [6.07, 6.45) is 1.74. The highest BCUT2D eigenvalue weighted by Gasteiger charge is 2.11. The van der Waals surface area contributed by atoms with Crippen LogP contribution < -0.4 is 5.32 Å². The zero-order chi connectivity index (χ0) is 12.3. The molecular weight excluding hydrogens is 278 g/mol. The smallest absolute Gasteiger partial charge is 0.125 e. The maximum absolute atomic E-state index is 5.54. The second kappa shape index (κ2) is 5.52. The van der Waals surface area contributed by atoms with Gasteiger partial charge < -0.3 is 9.73 Å². The van der Waals surface area contributed by atoms with E-state index in [-0.39, 0.29) is 0 Å². The largest absolute Gasteiger partial charge is 0.467 e. The number of halogens is 1. The first-order valence-electron chi connectivity index (χ1n) is 5.73. The van der Waals surface area contributed by atoms with E-state index in [0.717, 1.165) is 22.3 Å². The Balaban J connectivity index is 2.28. The van der Waals surface area contributed by atoms with E-state index in [0.29, 0.717) is 6.04 Å². The van der Waals surface area contributed by atoms with Gasteiger partial charge in [0.15, 0.2) is 0 Å². The van der Waals surface area contributed by atoms with Crippen molar-refractivity contribution in [3.63, 3.8) is 0 Å². The van der Waals surface area contributed by atoms with Gasteiger partial charge in [0.2, 0.25) is 0 Å². The summed E-state index contributed by atoms with van der Waals surface area (Å²) < 4.78 is 6.63. The first-order chi connectivity index (χ1) is 8.18. The van der Waals surface area contributed by atoms with Gasteiger partial charge in [0.25, 0.3) is 0 Å². The van der Waals surface area contributed by atoms with Gasteiger partial charge in [0.05, 0.1) is 12.8 Å². The highest BCUT2D eigenvalue weighted by atomic mass is 79.9. The van der Waals surface area contributed by atoms with E-state index in [1.807, 2.05) is 24.3 Å². The Kier molecular flexibility index (Phi) is 4.02. The molecule has 0 aliphatic carbocycles. The molecule has 0 aliphatic rings. The summed E-state index contributed by atoms with van der Waals surface area (Å²) in [4.78, 5) is 0. The van der Waals surface area contributed by atoms with E-state index in [4.69, 9.17) is 4.42 Å². The molecule has 3 heteroatoms. The number of hydrogen-bond acceptors (Lipinski definition) is 2. The number of benzene rings is 1. The van der Waals surface area contributed by atoms with E-state index in [1.54, 1.807) is 6.26 Å². The Morgan fingerprint density at radius 3 is 2.65 bits per heavy atom. The zero-order valence-electron chi connectivity index (χ0n) is 10.0. The highest BCUT2D eigenvalue weighted by Crippen LogP contribution is 2.31. The Hall–Kier alpha value is -1.06. The van der Waals surface area contributed by atoms with Gasteiger partial charge in [-0.15, -0.1) is 0 Å². The van der Waals surface area contributed by atoms with E-state index < -0.39 is 0 Å². The molecule has 0 bridgehead atoms. The van der Waals surface area contributed by atoms with Gasteiger partial charge in [-0.3, -0.25) is 0 Å². The average molecular weight is 294 g/mol. The SMILES string of the molecule is CC(C)NCc1occc1-c1ccccc1Br. The fraction of sp³-hybridized carbons (Fsp3) is 0.286. The van der Waals surface area contributed by atoms with Crippen LogP contribution in [0.1, 0.15) is 19.6 Å². The van der Waals surface area contributed by atoms with E-state index in [9.17, 15) is 0 Å². The van der Waals surface area contributed by atoms with Gasteiger partial charge in [-0.25, -0.2) is 0 Å². The monoisotopic (exact) mass is 293 g/mol. The van der Waals surface area contributed by atoms with E-state index in [2.05, 4.69) is 41.2 Å². The lowest BCUT2D eigenvalue weighted by Gasteiger charge is -2.08. The van der Waals surface area contributed by atoms with Crippen LogP contribution in [0.3, 0.4) is 0 Å². The molecule has 2 nitrogen and oxygen atoms in total. The zero-order valence-corrected chi connectivity index (χ0v) is 11.6. The molecule has 2 aromatic rings. The van der Waals surface area contributed by atoms with Crippen molar-refractivity contribution in [3.05, 3.63) is 46.8 Å². The van der Waals surface area contributed by atoms with Gasteiger partial charge in [-0.1, -0.05) is 48.0 Å². The molecule has 1 N–H and O–H groups in total. The molecule has 0 radical (unpaired) electrons. The predicted molar refractivity (Wildman–Crippen MR) is 73.8 cm³/mol. The van der Waals surface area contributed by atoms with Crippen LogP contribution in [0.2, 0.25) is 0 Å². The van der Waals surface area contributed by atoms with Crippen molar-refractivity contribution in [2.75, 3.05) is 0 Å². The Morgan fingerprint density at radius 2 is 1.94 bits per heavy atom. The van der Waals surface area contributed by atoms with E-state index in [1.165, 1.54) is 5.56 Å². The van der Waals surface area contributed by atoms with Crippen LogP contribution >= 0.6 is 15.9 Å². The minimum Gasteiger partial charge on any atom is -0.467 e. The molecule has 0 amide bonds. The molecule has 1 heterocycles. The van der Waals surface area contributed by atoms with Crippen molar-refractivity contribution in [1.82, 2.24) is 5.32 Å². The van der Waals surface area contributed by atoms with E-state index >= 15 is 0 Å². The van der Waals surface area contributed by atoms with Crippen LogP contribution in [0.5, 0.6) is 0 Å². The first-order valence-corrected chi connectivity index (χ1v) is 6.52. The third-order valence-corrected chi connectivity index (χ3v) is 3.27. The number of furan rings is 1. The molecule has 2 rings (SSSR count). The lowest BCUT2D eigenvalue weighted by molar-refractivity contribution is 0.466. The third kappa shape index (κ3) is 2.99. The van der Waals surface area contributed by atoms with Gasteiger partial charge in [0, 0.05) is 16.1 Å². The van der Waals surface area contributed by atoms with Crippen LogP contribution in [-0.4, -0.2) is 6.04 Å². The van der Waals surface area contributed by atoms with Crippen molar-refractivity contribution < 1.29 is 4.42 Å². The highest BCUT2D eigenvalue weighted by molar-refractivity contribution is 9.10. The molecule has 0 saturated carbocycles. The van der Waals surface area contributed by atoms with Gasteiger partial charge in [0.1, 0.15) is 5.76 Å². The Bertz CT molecular complexity index is 490. The van der Waals surface area contributed by atoms with Crippen LogP contribution in [-0.2, 0) is 6.54 Å². The predicted octanol–water partition coefficient (Wildman–Crippen LogP) is 4.21. The van der Waals surface area contributed by atoms with Gasteiger partial charge >= 0.3 is 0 Å². The molecular formula is C14H16BrNO. The molecule has 0 aliphatic heterocycles. The summed E-state index contributed by atoms with van der Waals surface area (Å²) in [5.41, 5.74) is 2.31. The summed E-state index contributed by atoms with van der Waals surface area (Å²) in [5, 5.41) is 3.37. The van der Waals surface area contributed by atoms with Crippen LogP contribution in [0.25, 0.3) is 11.1 Å². The minimum absolute atomic E-state index is 0.451. The fourth-order valence-corrected chi connectivity index (χ4v) is 2.19. The van der Waals surface area contributed by atoms with Crippen molar-refractivity contribution in [2.45, 2.75) is 26.4 Å². The topological polar surface area (TPSA) is 25.2 Å². The molecule has 0 fully saturated rings. The molecule has 0 spiro atoms. The van der Waals surface area contributed by atoms with Crippen LogP contribution in [0.4, 0.5) is 0 Å². The Labute approximate surface area is 110 Å². The number of hydrogen-bond donors (Lipinski definition) is 1. The molecule has 0 atom stereocenters. The quantitative estimate of drug-likeness (QED) is 0.914. The fourth-order valence-electron chi connectivity index (χ4n) is 1.69. The standard InChI is InChI=1S/C14H16BrNO/c1-10(2)16-9-14-12(7-8-17-14)11-5-3-4-6-13(11)15/h3-8,10,16H,9H2,1-2H3. The molecule has 90 valence electrons. The second-order valence-corrected chi connectivity index (χ2v) is 5.13. The summed E-state index contributed by atoms with van der Waals surface area (Å²) in [7, 11) is 0. The minimum atomic E-state index is 0.451. The van der Waals surface area contributed by atoms with Crippen LogP contribution in [0.15, 0.2) is 45.5 Å².